The number of hydrogen-bond donors (Lipinski definition) is 2. The Morgan fingerprint density at radius 2 is 1.46 bits per heavy atom. The summed E-state index contributed by atoms with van der Waals surface area (Å²) in [5.41, 5.74) is -3.89. The highest BCUT2D eigenvalue weighted by molar-refractivity contribution is 6.17. The van der Waals surface area contributed by atoms with Crippen LogP contribution in [0.4, 0.5) is 13.2 Å². The van der Waals surface area contributed by atoms with Gasteiger partial charge in [0.2, 0.25) is 0 Å². The van der Waals surface area contributed by atoms with Crippen LogP contribution in [-0.2, 0) is 24.1 Å². The molecule has 0 fully saturated rings. The van der Waals surface area contributed by atoms with Gasteiger partial charge in [-0.05, 0) is 0 Å². The minimum Gasteiger partial charge on any atom is -0.394 e. The summed E-state index contributed by atoms with van der Waals surface area (Å²) in [7, 11) is 5.84. The zero-order valence-electron chi connectivity index (χ0n) is 12.7. The van der Waals surface area contributed by atoms with Crippen LogP contribution in [0.2, 0.25) is 0 Å². The van der Waals surface area contributed by atoms with Crippen molar-refractivity contribution in [3.05, 3.63) is 23.8 Å². The summed E-state index contributed by atoms with van der Waals surface area (Å²) in [5, 5.41) is 29.4. The van der Waals surface area contributed by atoms with E-state index in [9.17, 15) is 8.78 Å². The van der Waals surface area contributed by atoms with Crippen LogP contribution in [-0.4, -0.2) is 74.6 Å². The van der Waals surface area contributed by atoms with Crippen molar-refractivity contribution in [1.82, 2.24) is 30.0 Å². The third kappa shape index (κ3) is 3.03. The fourth-order valence-corrected chi connectivity index (χ4v) is 2.20. The maximum atomic E-state index is 15.4. The minimum absolute atomic E-state index is 0.00917. The Balaban J connectivity index is 2.45. The fourth-order valence-electron chi connectivity index (χ4n) is 2.20. The maximum absolute atomic E-state index is 15.4. The molecule has 2 aromatic rings. The lowest BCUT2D eigenvalue weighted by molar-refractivity contribution is 0.0425. The van der Waals surface area contributed by atoms with Gasteiger partial charge in [-0.15, -0.1) is 10.2 Å². The summed E-state index contributed by atoms with van der Waals surface area (Å²) < 4.78 is 44.9. The van der Waals surface area contributed by atoms with Gasteiger partial charge in [0.1, 0.15) is 12.4 Å². The number of halogens is 3. The van der Waals surface area contributed by atoms with Crippen molar-refractivity contribution in [2.45, 2.75) is 24.1 Å². The maximum Gasteiger partial charge on any atom is 0.189 e. The number of alkyl halides is 3. The van der Waals surface area contributed by atoms with Gasteiger partial charge < -0.3 is 10.2 Å². The van der Waals surface area contributed by atoms with Crippen LogP contribution >= 0.6 is 0 Å². The smallest absolute Gasteiger partial charge is 0.189 e. The van der Waals surface area contributed by atoms with E-state index in [1.54, 1.807) is 0 Å². The molecule has 2 atom stereocenters. The predicted molar refractivity (Wildman–Crippen MR) is 76.4 cm³/mol. The molecule has 2 heterocycles. The lowest BCUT2D eigenvalue weighted by atomic mass is 9.57. The Hall–Kier alpha value is -1.95. The molecule has 0 aliphatic heterocycles. The molecule has 24 heavy (non-hydrogen) atoms. The molecular formula is C12H16BF3N6O2. The third-order valence-electron chi connectivity index (χ3n) is 3.70. The van der Waals surface area contributed by atoms with Gasteiger partial charge in [-0.2, -0.15) is 0 Å². The van der Waals surface area contributed by atoms with Crippen LogP contribution in [0, 0.1) is 0 Å². The van der Waals surface area contributed by atoms with E-state index in [0.29, 0.717) is 0 Å². The van der Waals surface area contributed by atoms with Crippen molar-refractivity contribution >= 4 is 7.85 Å². The number of hydrogen-bond acceptors (Lipinski definition) is 6. The van der Waals surface area contributed by atoms with Crippen LogP contribution in [0.25, 0.3) is 0 Å². The number of aliphatic hydroxyl groups excluding tert-OH is 2. The Morgan fingerprint density at radius 3 is 1.92 bits per heavy atom. The van der Waals surface area contributed by atoms with E-state index in [2.05, 4.69) is 20.6 Å². The first kappa shape index (κ1) is 18.4. The van der Waals surface area contributed by atoms with Crippen LogP contribution in [0.1, 0.15) is 11.4 Å². The molecule has 0 aliphatic rings. The SMILES string of the molecule is [B]C(CF)(c1cn(CCO)nn1)C(F)(CF)c1cn(CCO)nn1. The Morgan fingerprint density at radius 1 is 0.958 bits per heavy atom. The average molecular weight is 344 g/mol. The van der Waals surface area contributed by atoms with Gasteiger partial charge in [-0.25, -0.2) is 18.1 Å². The van der Waals surface area contributed by atoms with E-state index < -0.39 is 30.0 Å². The quantitative estimate of drug-likeness (QED) is 0.567. The molecule has 0 aromatic carbocycles. The van der Waals surface area contributed by atoms with E-state index in [0.717, 1.165) is 21.8 Å². The molecule has 0 bridgehead atoms. The highest BCUT2D eigenvalue weighted by Crippen LogP contribution is 2.43. The summed E-state index contributed by atoms with van der Waals surface area (Å²) >= 11 is 0. The molecule has 12 heteroatoms. The Labute approximate surface area is 136 Å². The van der Waals surface area contributed by atoms with Gasteiger partial charge in [-0.1, -0.05) is 10.4 Å². The van der Waals surface area contributed by atoms with Crippen molar-refractivity contribution in [1.29, 1.82) is 0 Å². The topological polar surface area (TPSA) is 102 Å². The molecule has 0 amide bonds. The van der Waals surface area contributed by atoms with Gasteiger partial charge in [0, 0.05) is 11.5 Å². The highest BCUT2D eigenvalue weighted by Gasteiger charge is 2.55. The second-order valence-electron chi connectivity index (χ2n) is 5.22. The van der Waals surface area contributed by atoms with Crippen LogP contribution in [0.15, 0.2) is 12.4 Å². The minimum atomic E-state index is -3.05. The summed E-state index contributed by atoms with van der Waals surface area (Å²) in [6.07, 6.45) is 2.18. The third-order valence-corrected chi connectivity index (χ3v) is 3.70. The lowest BCUT2D eigenvalue weighted by Crippen LogP contribution is -2.51. The monoisotopic (exact) mass is 344 g/mol. The number of rotatable bonds is 9. The largest absolute Gasteiger partial charge is 0.394 e. The summed E-state index contributed by atoms with van der Waals surface area (Å²) in [6, 6.07) is 0. The van der Waals surface area contributed by atoms with E-state index in [4.69, 9.17) is 18.1 Å². The molecule has 2 unspecified atom stereocenters. The average Bonchev–Trinajstić information content (AvgIpc) is 3.24. The first-order chi connectivity index (χ1) is 11.4. The van der Waals surface area contributed by atoms with Crippen molar-refractivity contribution in [3.8, 4) is 0 Å². The standard InChI is InChI=1S/C12H16BF3N6O2/c13-11(7-14,9-5-21(1-3-23)19-17-9)12(16,8-15)10-6-22(2-4-24)20-18-10/h5-6,23-24H,1-4,7-8H2. The molecule has 0 aliphatic carbocycles. The van der Waals surface area contributed by atoms with E-state index in [1.165, 1.54) is 0 Å². The number of aromatic nitrogens is 6. The van der Waals surface area contributed by atoms with Crippen molar-refractivity contribution in [2.24, 2.45) is 0 Å². The number of nitrogens with zero attached hydrogens (tertiary/aromatic N) is 6. The molecule has 0 saturated heterocycles. The molecule has 2 radical (unpaired) electrons. The second kappa shape index (κ2) is 7.30. The van der Waals surface area contributed by atoms with E-state index in [1.807, 2.05) is 0 Å². The second-order valence-corrected chi connectivity index (χ2v) is 5.22. The van der Waals surface area contributed by atoms with Crippen LogP contribution in [0.3, 0.4) is 0 Å². The van der Waals surface area contributed by atoms with Gasteiger partial charge in [0.05, 0.1) is 52.7 Å². The Kier molecular flexibility index (Phi) is 5.60. The van der Waals surface area contributed by atoms with Gasteiger partial charge in [0.25, 0.3) is 0 Å². The molecule has 8 nitrogen and oxygen atoms in total. The molecular weight excluding hydrogens is 328 g/mol. The fraction of sp³-hybridized carbons (Fsp3) is 0.667. The first-order valence-electron chi connectivity index (χ1n) is 7.08. The van der Waals surface area contributed by atoms with E-state index >= 15 is 4.39 Å². The normalized spacial score (nSPS) is 16.7. The highest BCUT2D eigenvalue weighted by atomic mass is 19.2. The van der Waals surface area contributed by atoms with Gasteiger partial charge >= 0.3 is 0 Å². The van der Waals surface area contributed by atoms with Crippen molar-refractivity contribution in [2.75, 3.05) is 26.6 Å². The molecule has 2 aromatic heterocycles. The molecule has 0 spiro atoms. The van der Waals surface area contributed by atoms with E-state index in [-0.39, 0.29) is 32.0 Å². The zero-order valence-corrected chi connectivity index (χ0v) is 12.7. The molecule has 2 rings (SSSR count). The molecule has 2 N–H and O–H groups in total. The number of aliphatic hydroxyl groups is 2. The van der Waals surface area contributed by atoms with Gasteiger partial charge in [0.15, 0.2) is 5.67 Å². The Bertz CT molecular complexity index is 615. The van der Waals surface area contributed by atoms with Gasteiger partial charge in [-0.3, -0.25) is 4.39 Å². The summed E-state index contributed by atoms with van der Waals surface area (Å²) in [5.74, 6) is 0. The lowest BCUT2D eigenvalue weighted by Gasteiger charge is -2.36. The van der Waals surface area contributed by atoms with Crippen molar-refractivity contribution < 1.29 is 23.4 Å². The summed E-state index contributed by atoms with van der Waals surface area (Å²) in [6.45, 7) is -3.65. The van der Waals surface area contributed by atoms with Crippen LogP contribution < -0.4 is 0 Å². The molecule has 130 valence electrons. The van der Waals surface area contributed by atoms with Crippen LogP contribution in [0.5, 0.6) is 0 Å². The van der Waals surface area contributed by atoms with Crippen molar-refractivity contribution in [3.63, 3.8) is 0 Å². The molecule has 0 saturated carbocycles. The summed E-state index contributed by atoms with van der Waals surface area (Å²) in [4.78, 5) is 0. The predicted octanol–water partition coefficient (Wildman–Crippen LogP) is -0.978. The zero-order chi connectivity index (χ0) is 17.8. The first-order valence-corrected chi connectivity index (χ1v) is 7.08.